The molecule has 96 valence electrons. The molecular formula is C13H27NO2. The Balaban J connectivity index is 2.67. The van der Waals surface area contributed by atoms with Crippen molar-refractivity contribution in [2.24, 2.45) is 0 Å². The summed E-state index contributed by atoms with van der Waals surface area (Å²) in [6, 6.07) is 0.497. The van der Waals surface area contributed by atoms with E-state index in [1.807, 2.05) is 0 Å². The third-order valence-electron chi connectivity index (χ3n) is 3.74. The van der Waals surface area contributed by atoms with E-state index in [0.717, 1.165) is 32.5 Å². The Labute approximate surface area is 99.9 Å². The van der Waals surface area contributed by atoms with Crippen LogP contribution >= 0.6 is 0 Å². The molecule has 1 rings (SSSR count). The van der Waals surface area contributed by atoms with Crippen molar-refractivity contribution in [1.82, 2.24) is 5.32 Å². The molecule has 0 radical (unpaired) electrons. The molecule has 0 aromatic heterocycles. The van der Waals surface area contributed by atoms with Crippen LogP contribution in [0, 0.1) is 0 Å². The van der Waals surface area contributed by atoms with E-state index in [9.17, 15) is 0 Å². The number of ether oxygens (including phenoxy) is 2. The van der Waals surface area contributed by atoms with Crippen molar-refractivity contribution in [2.75, 3.05) is 13.2 Å². The SMILES string of the molecule is CCCO[C@@]1(C)OCC[C@@]1(C)NC(C)CC. The molecule has 1 aliphatic heterocycles. The minimum atomic E-state index is -0.480. The summed E-state index contributed by atoms with van der Waals surface area (Å²) in [6.07, 6.45) is 3.16. The van der Waals surface area contributed by atoms with Gasteiger partial charge in [-0.05, 0) is 40.0 Å². The average Bonchev–Trinajstić information content (AvgIpc) is 2.52. The van der Waals surface area contributed by atoms with Gasteiger partial charge >= 0.3 is 0 Å². The smallest absolute Gasteiger partial charge is 0.183 e. The zero-order valence-corrected chi connectivity index (χ0v) is 11.4. The summed E-state index contributed by atoms with van der Waals surface area (Å²) in [5.41, 5.74) is -0.0718. The molecule has 0 aliphatic carbocycles. The minimum absolute atomic E-state index is 0.0718. The highest BCUT2D eigenvalue weighted by Crippen LogP contribution is 2.37. The van der Waals surface area contributed by atoms with Gasteiger partial charge in [-0.25, -0.2) is 0 Å². The van der Waals surface area contributed by atoms with Gasteiger partial charge in [-0.1, -0.05) is 13.8 Å². The molecule has 0 aromatic carbocycles. The van der Waals surface area contributed by atoms with Gasteiger partial charge in [-0.2, -0.15) is 0 Å². The van der Waals surface area contributed by atoms with Crippen LogP contribution in [0.15, 0.2) is 0 Å². The summed E-state index contributed by atoms with van der Waals surface area (Å²) in [5, 5.41) is 3.65. The lowest BCUT2D eigenvalue weighted by atomic mass is 9.90. The lowest BCUT2D eigenvalue weighted by molar-refractivity contribution is -0.228. The molecule has 3 heteroatoms. The normalized spacial score (nSPS) is 36.6. The summed E-state index contributed by atoms with van der Waals surface area (Å²) in [6.45, 7) is 12.3. The second-order valence-electron chi connectivity index (χ2n) is 5.18. The van der Waals surface area contributed by atoms with E-state index in [1.165, 1.54) is 0 Å². The van der Waals surface area contributed by atoms with Crippen molar-refractivity contribution < 1.29 is 9.47 Å². The minimum Gasteiger partial charge on any atom is -0.348 e. The molecule has 1 fully saturated rings. The van der Waals surface area contributed by atoms with Gasteiger partial charge in [-0.15, -0.1) is 0 Å². The van der Waals surface area contributed by atoms with Crippen molar-refractivity contribution in [1.29, 1.82) is 0 Å². The van der Waals surface area contributed by atoms with E-state index >= 15 is 0 Å². The molecule has 1 unspecified atom stereocenters. The van der Waals surface area contributed by atoms with Crippen molar-refractivity contribution in [2.45, 2.75) is 71.2 Å². The third-order valence-corrected chi connectivity index (χ3v) is 3.74. The van der Waals surface area contributed by atoms with E-state index in [2.05, 4.69) is 39.9 Å². The highest BCUT2D eigenvalue weighted by molar-refractivity contribution is 5.01. The van der Waals surface area contributed by atoms with Crippen molar-refractivity contribution in [3.8, 4) is 0 Å². The summed E-state index contributed by atoms with van der Waals surface area (Å²) in [7, 11) is 0. The highest BCUT2D eigenvalue weighted by Gasteiger charge is 2.51. The fraction of sp³-hybridized carbons (Fsp3) is 1.00. The first-order valence-corrected chi connectivity index (χ1v) is 6.53. The Morgan fingerprint density at radius 1 is 1.38 bits per heavy atom. The van der Waals surface area contributed by atoms with Gasteiger partial charge < -0.3 is 14.8 Å². The van der Waals surface area contributed by atoms with E-state index in [0.29, 0.717) is 6.04 Å². The number of hydrogen-bond donors (Lipinski definition) is 1. The van der Waals surface area contributed by atoms with Gasteiger partial charge in [0.05, 0.1) is 12.1 Å². The molecule has 0 saturated carbocycles. The Bertz CT molecular complexity index is 222. The molecule has 3 atom stereocenters. The molecular weight excluding hydrogens is 202 g/mol. The summed E-state index contributed by atoms with van der Waals surface area (Å²) >= 11 is 0. The first kappa shape index (κ1) is 13.9. The van der Waals surface area contributed by atoms with E-state index < -0.39 is 5.79 Å². The fourth-order valence-corrected chi connectivity index (χ4v) is 2.18. The van der Waals surface area contributed by atoms with Crippen molar-refractivity contribution in [3.05, 3.63) is 0 Å². The molecule has 0 amide bonds. The summed E-state index contributed by atoms with van der Waals surface area (Å²) in [5.74, 6) is -0.480. The predicted octanol–water partition coefficient (Wildman–Crippen LogP) is 2.70. The Morgan fingerprint density at radius 2 is 2.06 bits per heavy atom. The van der Waals surface area contributed by atoms with Crippen LogP contribution in [0.5, 0.6) is 0 Å². The molecule has 1 aliphatic rings. The maximum Gasteiger partial charge on any atom is 0.183 e. The molecule has 0 aromatic rings. The van der Waals surface area contributed by atoms with Gasteiger partial charge in [0.1, 0.15) is 0 Å². The number of rotatable bonds is 6. The molecule has 16 heavy (non-hydrogen) atoms. The van der Waals surface area contributed by atoms with Crippen LogP contribution in [-0.2, 0) is 9.47 Å². The van der Waals surface area contributed by atoms with E-state index in [4.69, 9.17) is 9.47 Å². The quantitative estimate of drug-likeness (QED) is 0.759. The molecule has 1 saturated heterocycles. The Kier molecular flexibility index (Phi) is 4.77. The summed E-state index contributed by atoms with van der Waals surface area (Å²) < 4.78 is 11.7. The monoisotopic (exact) mass is 229 g/mol. The molecule has 3 nitrogen and oxygen atoms in total. The topological polar surface area (TPSA) is 30.5 Å². The third kappa shape index (κ3) is 2.76. The second-order valence-corrected chi connectivity index (χ2v) is 5.18. The first-order valence-electron chi connectivity index (χ1n) is 6.53. The molecule has 1 N–H and O–H groups in total. The lowest BCUT2D eigenvalue weighted by Crippen LogP contribution is -2.60. The average molecular weight is 229 g/mol. The van der Waals surface area contributed by atoms with Crippen LogP contribution in [0.4, 0.5) is 0 Å². The first-order chi connectivity index (χ1) is 7.47. The van der Waals surface area contributed by atoms with Crippen molar-refractivity contribution >= 4 is 0 Å². The molecule has 1 heterocycles. The largest absolute Gasteiger partial charge is 0.348 e. The van der Waals surface area contributed by atoms with Gasteiger partial charge in [0, 0.05) is 12.6 Å². The lowest BCUT2D eigenvalue weighted by Gasteiger charge is -2.41. The van der Waals surface area contributed by atoms with Gasteiger partial charge in [0.15, 0.2) is 5.79 Å². The zero-order valence-electron chi connectivity index (χ0n) is 11.4. The van der Waals surface area contributed by atoms with Gasteiger partial charge in [0.2, 0.25) is 0 Å². The Morgan fingerprint density at radius 3 is 2.62 bits per heavy atom. The second kappa shape index (κ2) is 5.48. The Hall–Kier alpha value is -0.120. The zero-order chi connectivity index (χ0) is 12.2. The highest BCUT2D eigenvalue weighted by atomic mass is 16.7. The number of nitrogens with one attached hydrogen (secondary N) is 1. The fourth-order valence-electron chi connectivity index (χ4n) is 2.18. The van der Waals surface area contributed by atoms with Crippen LogP contribution in [-0.4, -0.2) is 30.6 Å². The maximum absolute atomic E-state index is 5.92. The van der Waals surface area contributed by atoms with E-state index in [-0.39, 0.29) is 5.54 Å². The predicted molar refractivity (Wildman–Crippen MR) is 66.5 cm³/mol. The van der Waals surface area contributed by atoms with Crippen molar-refractivity contribution in [3.63, 3.8) is 0 Å². The van der Waals surface area contributed by atoms with Crippen LogP contribution < -0.4 is 5.32 Å². The van der Waals surface area contributed by atoms with Crippen LogP contribution in [0.3, 0.4) is 0 Å². The van der Waals surface area contributed by atoms with Gasteiger partial charge in [0.25, 0.3) is 0 Å². The van der Waals surface area contributed by atoms with Crippen LogP contribution in [0.25, 0.3) is 0 Å². The van der Waals surface area contributed by atoms with Crippen LogP contribution in [0.2, 0.25) is 0 Å². The molecule has 0 bridgehead atoms. The van der Waals surface area contributed by atoms with E-state index in [1.54, 1.807) is 0 Å². The van der Waals surface area contributed by atoms with Gasteiger partial charge in [-0.3, -0.25) is 0 Å². The standard InChI is InChI=1S/C13H27NO2/c1-6-9-15-13(5)12(4,8-10-16-13)14-11(3)7-2/h11,14H,6-10H2,1-5H3/t11?,12-,13+/m1/s1. The summed E-state index contributed by atoms with van der Waals surface area (Å²) in [4.78, 5) is 0. The number of hydrogen-bond acceptors (Lipinski definition) is 3. The molecule has 0 spiro atoms. The maximum atomic E-state index is 5.92. The van der Waals surface area contributed by atoms with Crippen LogP contribution in [0.1, 0.15) is 53.9 Å².